The van der Waals surface area contributed by atoms with E-state index in [2.05, 4.69) is 21.2 Å². The summed E-state index contributed by atoms with van der Waals surface area (Å²) in [6.45, 7) is 5.75. The molecule has 0 aliphatic carbocycles. The Balaban J connectivity index is 1.33. The minimum absolute atomic E-state index is 0.154. The van der Waals surface area contributed by atoms with Crippen molar-refractivity contribution >= 4 is 79.4 Å². The summed E-state index contributed by atoms with van der Waals surface area (Å²) < 4.78 is 6.39. The summed E-state index contributed by atoms with van der Waals surface area (Å²) in [5, 5.41) is 3.94. The molecule has 4 aromatic rings. The molecular weight excluding hydrogens is 634 g/mol. The molecule has 5 rings (SSSR count). The number of amidine groups is 1. The maximum absolute atomic E-state index is 13.6. The van der Waals surface area contributed by atoms with E-state index in [0.29, 0.717) is 31.0 Å². The van der Waals surface area contributed by atoms with Crippen LogP contribution in [-0.4, -0.2) is 23.6 Å². The maximum Gasteiger partial charge on any atom is 0.271 e. The number of carbonyl (C=O) groups excluding carboxylic acids is 2. The molecule has 0 radical (unpaired) electrons. The molecule has 1 aliphatic heterocycles. The maximum atomic E-state index is 13.6. The number of nitrogens with zero attached hydrogens (tertiary/aromatic N) is 2. The van der Waals surface area contributed by atoms with Crippen molar-refractivity contribution < 1.29 is 14.3 Å². The zero-order valence-electron chi connectivity index (χ0n) is 23.2. The molecular formula is C33H27BrClN3O3S. The molecule has 1 N–H and O–H groups in total. The fourth-order valence-electron chi connectivity index (χ4n) is 4.09. The van der Waals surface area contributed by atoms with Crippen LogP contribution in [0.1, 0.15) is 22.3 Å². The number of aliphatic imine (C=N–C) groups is 1. The van der Waals surface area contributed by atoms with Gasteiger partial charge in [0, 0.05) is 10.7 Å². The first-order valence-electron chi connectivity index (χ1n) is 13.1. The van der Waals surface area contributed by atoms with Crippen molar-refractivity contribution in [2.45, 2.75) is 20.8 Å². The lowest BCUT2D eigenvalue weighted by molar-refractivity contribution is -0.118. The standard InChI is InChI=1S/C33H27BrClN3O3S/c1-20-4-10-24(11-5-20)37-33-38(26-13-6-21(2)7-14-26)32(40)30(42-33)17-23-9-15-29(27(34)16-23)41-19-31(39)36-25-12-8-22(3)28(35)18-25/h4-18H,19H2,1-3H3,(H,36,39)/b30-17-,37-33?. The van der Waals surface area contributed by atoms with E-state index in [1.54, 1.807) is 23.1 Å². The molecule has 1 saturated heterocycles. The van der Waals surface area contributed by atoms with Gasteiger partial charge in [-0.15, -0.1) is 0 Å². The molecule has 1 heterocycles. The first kappa shape index (κ1) is 29.6. The smallest absolute Gasteiger partial charge is 0.271 e. The van der Waals surface area contributed by atoms with Crippen LogP contribution < -0.4 is 15.0 Å². The quantitative estimate of drug-likeness (QED) is 0.201. The average Bonchev–Trinajstić information content (AvgIpc) is 3.26. The van der Waals surface area contributed by atoms with E-state index in [-0.39, 0.29) is 18.4 Å². The van der Waals surface area contributed by atoms with Gasteiger partial charge in [-0.25, -0.2) is 4.99 Å². The van der Waals surface area contributed by atoms with Crippen molar-refractivity contribution in [2.24, 2.45) is 4.99 Å². The van der Waals surface area contributed by atoms with E-state index in [9.17, 15) is 9.59 Å². The van der Waals surface area contributed by atoms with Crippen molar-refractivity contribution in [1.29, 1.82) is 0 Å². The lowest BCUT2D eigenvalue weighted by Gasteiger charge is -2.16. The van der Waals surface area contributed by atoms with Gasteiger partial charge in [0.05, 0.1) is 20.8 Å². The molecule has 42 heavy (non-hydrogen) atoms. The predicted octanol–water partition coefficient (Wildman–Crippen LogP) is 8.85. The van der Waals surface area contributed by atoms with Crippen LogP contribution in [0.4, 0.5) is 17.1 Å². The summed E-state index contributed by atoms with van der Waals surface area (Å²) in [4.78, 5) is 33.0. The topological polar surface area (TPSA) is 71.0 Å². The number of nitrogens with one attached hydrogen (secondary N) is 1. The molecule has 6 nitrogen and oxygen atoms in total. The third kappa shape index (κ3) is 7.13. The molecule has 0 unspecified atom stereocenters. The van der Waals surface area contributed by atoms with E-state index < -0.39 is 0 Å². The van der Waals surface area contributed by atoms with Gasteiger partial charge >= 0.3 is 0 Å². The Bertz CT molecular complexity index is 1720. The predicted molar refractivity (Wildman–Crippen MR) is 177 cm³/mol. The minimum Gasteiger partial charge on any atom is -0.483 e. The van der Waals surface area contributed by atoms with Crippen molar-refractivity contribution in [2.75, 3.05) is 16.8 Å². The van der Waals surface area contributed by atoms with Gasteiger partial charge in [0.1, 0.15) is 5.75 Å². The second kappa shape index (κ2) is 13.0. The van der Waals surface area contributed by atoms with Crippen LogP contribution in [0.5, 0.6) is 5.75 Å². The van der Waals surface area contributed by atoms with Gasteiger partial charge in [0.2, 0.25) is 0 Å². The molecule has 1 fully saturated rings. The van der Waals surface area contributed by atoms with Crippen LogP contribution in [0.2, 0.25) is 5.02 Å². The molecule has 212 valence electrons. The highest BCUT2D eigenvalue weighted by Crippen LogP contribution is 2.38. The number of halogens is 2. The molecule has 0 atom stereocenters. The van der Waals surface area contributed by atoms with E-state index in [0.717, 1.165) is 33.6 Å². The number of hydrogen-bond donors (Lipinski definition) is 1. The molecule has 4 aromatic carbocycles. The number of thioether (sulfide) groups is 1. The average molecular weight is 661 g/mol. The highest BCUT2D eigenvalue weighted by atomic mass is 79.9. The van der Waals surface area contributed by atoms with Crippen molar-refractivity contribution in [3.63, 3.8) is 0 Å². The number of ether oxygens (including phenoxy) is 1. The number of rotatable bonds is 7. The summed E-state index contributed by atoms with van der Waals surface area (Å²) in [5.74, 6) is 0.0409. The summed E-state index contributed by atoms with van der Waals surface area (Å²) >= 11 is 11.0. The Morgan fingerprint density at radius 2 is 1.67 bits per heavy atom. The van der Waals surface area contributed by atoms with Gasteiger partial charge in [-0.05, 0) is 114 Å². The second-order valence-electron chi connectivity index (χ2n) is 9.81. The van der Waals surface area contributed by atoms with Crippen LogP contribution in [-0.2, 0) is 9.59 Å². The van der Waals surface area contributed by atoms with Gasteiger partial charge < -0.3 is 10.1 Å². The highest BCUT2D eigenvalue weighted by molar-refractivity contribution is 9.10. The summed E-state index contributed by atoms with van der Waals surface area (Å²) in [6.07, 6.45) is 1.83. The SMILES string of the molecule is Cc1ccc(N=C2S/C(=C\c3ccc(OCC(=O)Nc4ccc(C)c(Cl)c4)c(Br)c3)C(=O)N2c2ccc(C)cc2)cc1. The number of hydrogen-bond acceptors (Lipinski definition) is 5. The molecule has 2 amide bonds. The fraction of sp³-hybridized carbons (Fsp3) is 0.121. The second-order valence-corrected chi connectivity index (χ2v) is 12.1. The Hall–Kier alpha value is -3.85. The Morgan fingerprint density at radius 1 is 0.976 bits per heavy atom. The molecule has 1 aliphatic rings. The van der Waals surface area contributed by atoms with E-state index in [1.165, 1.54) is 11.8 Å². The summed E-state index contributed by atoms with van der Waals surface area (Å²) in [6, 6.07) is 26.4. The van der Waals surface area contributed by atoms with Crippen LogP contribution in [0.3, 0.4) is 0 Å². The lowest BCUT2D eigenvalue weighted by atomic mass is 10.2. The van der Waals surface area contributed by atoms with E-state index in [1.807, 2.05) is 93.6 Å². The molecule has 0 spiro atoms. The fourth-order valence-corrected chi connectivity index (χ4v) is 5.78. The Kier molecular flexibility index (Phi) is 9.16. The summed E-state index contributed by atoms with van der Waals surface area (Å²) in [7, 11) is 0. The largest absolute Gasteiger partial charge is 0.483 e. The molecule has 0 bridgehead atoms. The molecule has 0 aromatic heterocycles. The first-order valence-corrected chi connectivity index (χ1v) is 15.1. The zero-order chi connectivity index (χ0) is 29.8. The number of benzene rings is 4. The van der Waals surface area contributed by atoms with Gasteiger partial charge in [0.25, 0.3) is 11.8 Å². The molecule has 9 heteroatoms. The third-order valence-electron chi connectivity index (χ3n) is 6.43. The van der Waals surface area contributed by atoms with Crippen LogP contribution in [0, 0.1) is 20.8 Å². The van der Waals surface area contributed by atoms with Crippen LogP contribution in [0.15, 0.2) is 99.3 Å². The highest BCUT2D eigenvalue weighted by Gasteiger charge is 2.34. The monoisotopic (exact) mass is 659 g/mol. The number of carbonyl (C=O) groups is 2. The van der Waals surface area contributed by atoms with Gasteiger partial charge in [-0.3, -0.25) is 14.5 Å². The van der Waals surface area contributed by atoms with Crippen molar-refractivity contribution in [3.8, 4) is 5.75 Å². The van der Waals surface area contributed by atoms with Gasteiger partial charge in [-0.1, -0.05) is 59.1 Å². The van der Waals surface area contributed by atoms with Gasteiger partial charge in [0.15, 0.2) is 11.8 Å². The van der Waals surface area contributed by atoms with Crippen molar-refractivity contribution in [1.82, 2.24) is 0 Å². The Labute approximate surface area is 262 Å². The first-order chi connectivity index (χ1) is 20.2. The third-order valence-corrected chi connectivity index (χ3v) is 8.42. The number of amides is 2. The normalized spacial score (nSPS) is 15.0. The summed E-state index contributed by atoms with van der Waals surface area (Å²) in [5.41, 5.74) is 6.10. The number of anilines is 2. The van der Waals surface area contributed by atoms with Crippen LogP contribution in [0.25, 0.3) is 6.08 Å². The van der Waals surface area contributed by atoms with Gasteiger partial charge in [-0.2, -0.15) is 0 Å². The van der Waals surface area contributed by atoms with E-state index in [4.69, 9.17) is 21.3 Å². The molecule has 0 saturated carbocycles. The minimum atomic E-state index is -0.308. The Morgan fingerprint density at radius 3 is 2.33 bits per heavy atom. The number of aryl methyl sites for hydroxylation is 3. The van der Waals surface area contributed by atoms with E-state index >= 15 is 0 Å². The van der Waals surface area contributed by atoms with Crippen LogP contribution >= 0.6 is 39.3 Å². The lowest BCUT2D eigenvalue weighted by Crippen LogP contribution is -2.28. The zero-order valence-corrected chi connectivity index (χ0v) is 26.3. The van der Waals surface area contributed by atoms with Crippen molar-refractivity contribution in [3.05, 3.63) is 122 Å².